The van der Waals surface area contributed by atoms with Gasteiger partial charge in [-0.15, -0.1) is 12.4 Å². The molecule has 1 atom stereocenters. The van der Waals surface area contributed by atoms with Gasteiger partial charge in [0.15, 0.2) is 0 Å². The zero-order chi connectivity index (χ0) is 15.6. The van der Waals surface area contributed by atoms with Gasteiger partial charge in [-0.1, -0.05) is 6.07 Å². The van der Waals surface area contributed by atoms with E-state index in [0.717, 1.165) is 12.1 Å². The average molecular weight is 361 g/mol. The second-order valence-corrected chi connectivity index (χ2v) is 7.69. The number of halogens is 1. The summed E-state index contributed by atoms with van der Waals surface area (Å²) in [7, 11) is -3.25. The number of nitrogens with one attached hydrogen (secondary N) is 1. The molecule has 1 amide bonds. The number of rotatable bonds is 3. The molecule has 3 rings (SSSR count). The molecule has 2 aliphatic rings. The molecular weight excluding hydrogens is 340 g/mol. The second-order valence-electron chi connectivity index (χ2n) is 5.60. The van der Waals surface area contributed by atoms with Crippen molar-refractivity contribution in [1.82, 2.24) is 19.5 Å². The fourth-order valence-corrected chi connectivity index (χ4v) is 4.45. The number of aromatic nitrogens is 1. The van der Waals surface area contributed by atoms with E-state index in [9.17, 15) is 13.2 Å². The summed E-state index contributed by atoms with van der Waals surface area (Å²) in [5.74, 6) is 0.00857. The third kappa shape index (κ3) is 4.00. The normalized spacial score (nSPS) is 24.2. The van der Waals surface area contributed by atoms with E-state index >= 15 is 0 Å². The van der Waals surface area contributed by atoms with E-state index in [-0.39, 0.29) is 36.7 Å². The molecule has 0 radical (unpaired) electrons. The molecule has 0 saturated carbocycles. The molecule has 1 unspecified atom stereocenters. The van der Waals surface area contributed by atoms with Gasteiger partial charge in [-0.3, -0.25) is 9.78 Å². The van der Waals surface area contributed by atoms with Gasteiger partial charge in [0.25, 0.3) is 0 Å². The molecule has 0 spiro atoms. The molecule has 0 bridgehead atoms. The molecule has 2 aliphatic heterocycles. The van der Waals surface area contributed by atoms with Gasteiger partial charge in [0.2, 0.25) is 15.9 Å². The van der Waals surface area contributed by atoms with E-state index in [4.69, 9.17) is 0 Å². The van der Waals surface area contributed by atoms with Crippen molar-refractivity contribution in [3.05, 3.63) is 30.1 Å². The number of amides is 1. The number of pyridine rings is 1. The molecule has 2 saturated heterocycles. The summed E-state index contributed by atoms with van der Waals surface area (Å²) in [6.45, 7) is 2.34. The molecule has 7 nitrogen and oxygen atoms in total. The highest BCUT2D eigenvalue weighted by atomic mass is 35.5. The lowest BCUT2D eigenvalue weighted by molar-refractivity contribution is -0.134. The lowest BCUT2D eigenvalue weighted by Gasteiger charge is -2.37. The summed E-state index contributed by atoms with van der Waals surface area (Å²) in [5, 5.41) is 3.27. The van der Waals surface area contributed by atoms with Crippen molar-refractivity contribution in [2.45, 2.75) is 12.5 Å². The number of nitrogens with zero attached hydrogens (tertiary/aromatic N) is 3. The maximum Gasteiger partial charge on any atom is 0.238 e. The average Bonchev–Trinajstić information content (AvgIpc) is 2.87. The lowest BCUT2D eigenvalue weighted by Crippen LogP contribution is -2.51. The number of hydrogen-bond donors (Lipinski definition) is 1. The van der Waals surface area contributed by atoms with E-state index in [0.29, 0.717) is 26.1 Å². The minimum absolute atomic E-state index is 0. The Labute approximate surface area is 142 Å². The van der Waals surface area contributed by atoms with Crippen LogP contribution in [0, 0.1) is 0 Å². The smallest absolute Gasteiger partial charge is 0.238 e. The van der Waals surface area contributed by atoms with Crippen LogP contribution in [-0.2, 0) is 14.8 Å². The van der Waals surface area contributed by atoms with Crippen LogP contribution in [0.15, 0.2) is 24.5 Å². The first-order valence-corrected chi connectivity index (χ1v) is 9.07. The summed E-state index contributed by atoms with van der Waals surface area (Å²) >= 11 is 0. The molecule has 1 N–H and O–H groups in total. The molecule has 0 aliphatic carbocycles. The van der Waals surface area contributed by atoms with Crippen molar-refractivity contribution >= 4 is 28.3 Å². The summed E-state index contributed by atoms with van der Waals surface area (Å²) in [4.78, 5) is 18.5. The Morgan fingerprint density at radius 2 is 2.22 bits per heavy atom. The molecule has 128 valence electrons. The predicted molar refractivity (Wildman–Crippen MR) is 88.8 cm³/mol. The topological polar surface area (TPSA) is 82.6 Å². The largest absolute Gasteiger partial charge is 0.332 e. The summed E-state index contributed by atoms with van der Waals surface area (Å²) in [6, 6.07) is 3.69. The van der Waals surface area contributed by atoms with Crippen molar-refractivity contribution in [2.24, 2.45) is 0 Å². The number of piperazine rings is 1. The van der Waals surface area contributed by atoms with Crippen molar-refractivity contribution in [3.63, 3.8) is 0 Å². The Morgan fingerprint density at radius 3 is 2.87 bits per heavy atom. The predicted octanol–water partition coefficient (Wildman–Crippen LogP) is 0.0118. The van der Waals surface area contributed by atoms with Crippen LogP contribution >= 0.6 is 12.4 Å². The number of carbonyl (C=O) groups excluding carboxylic acids is 1. The molecule has 23 heavy (non-hydrogen) atoms. The lowest BCUT2D eigenvalue weighted by atomic mass is 10.1. The summed E-state index contributed by atoms with van der Waals surface area (Å²) in [6.07, 6.45) is 4.05. The Hall–Kier alpha value is -1.22. The molecule has 1 aromatic rings. The molecule has 2 fully saturated rings. The van der Waals surface area contributed by atoms with Gasteiger partial charge in [-0.05, 0) is 18.1 Å². The number of hydrogen-bond acceptors (Lipinski definition) is 5. The van der Waals surface area contributed by atoms with E-state index < -0.39 is 10.0 Å². The van der Waals surface area contributed by atoms with Gasteiger partial charge in [-0.2, -0.15) is 4.31 Å². The first-order chi connectivity index (χ1) is 10.6. The standard InChI is InChI=1S/C14H20N4O3S.ClH/c19-14(11-17-6-2-8-22(17,20)21)18-7-5-16-10-13(18)12-3-1-4-15-9-12;/h1,3-4,9,13,16H,2,5-8,10-11H2;1H. The summed E-state index contributed by atoms with van der Waals surface area (Å²) in [5.41, 5.74) is 0.965. The van der Waals surface area contributed by atoms with Crippen LogP contribution in [0.4, 0.5) is 0 Å². The minimum atomic E-state index is -3.25. The van der Waals surface area contributed by atoms with Crippen LogP contribution in [0.2, 0.25) is 0 Å². The third-order valence-electron chi connectivity index (χ3n) is 4.15. The minimum Gasteiger partial charge on any atom is -0.332 e. The van der Waals surface area contributed by atoms with Crippen molar-refractivity contribution in [3.8, 4) is 0 Å². The van der Waals surface area contributed by atoms with Gasteiger partial charge in [0.1, 0.15) is 0 Å². The van der Waals surface area contributed by atoms with Crippen LogP contribution in [0.5, 0.6) is 0 Å². The molecular formula is C14H21ClN4O3S. The van der Waals surface area contributed by atoms with Crippen LogP contribution in [0.25, 0.3) is 0 Å². The maximum absolute atomic E-state index is 12.6. The Bertz CT molecular complexity index is 641. The third-order valence-corrected chi connectivity index (χ3v) is 6.05. The van der Waals surface area contributed by atoms with Gasteiger partial charge in [0.05, 0.1) is 18.3 Å². The van der Waals surface area contributed by atoms with Gasteiger partial charge in [-0.25, -0.2) is 8.42 Å². The van der Waals surface area contributed by atoms with Crippen LogP contribution in [0.3, 0.4) is 0 Å². The fourth-order valence-electron chi connectivity index (χ4n) is 2.98. The zero-order valence-corrected chi connectivity index (χ0v) is 14.4. The highest BCUT2D eigenvalue weighted by Crippen LogP contribution is 2.22. The summed E-state index contributed by atoms with van der Waals surface area (Å²) < 4.78 is 25.0. The second kappa shape index (κ2) is 7.57. The fraction of sp³-hybridized carbons (Fsp3) is 0.571. The van der Waals surface area contributed by atoms with Gasteiger partial charge >= 0.3 is 0 Å². The van der Waals surface area contributed by atoms with E-state index in [1.54, 1.807) is 17.3 Å². The first kappa shape index (κ1) is 18.1. The quantitative estimate of drug-likeness (QED) is 0.821. The number of carbonyl (C=O) groups is 1. The first-order valence-electron chi connectivity index (χ1n) is 7.46. The zero-order valence-electron chi connectivity index (χ0n) is 12.7. The van der Waals surface area contributed by atoms with Gasteiger partial charge < -0.3 is 10.2 Å². The molecule has 9 heteroatoms. The van der Waals surface area contributed by atoms with Crippen LogP contribution in [0.1, 0.15) is 18.0 Å². The Kier molecular flexibility index (Phi) is 5.96. The maximum atomic E-state index is 12.6. The monoisotopic (exact) mass is 360 g/mol. The molecule has 0 aromatic carbocycles. The van der Waals surface area contributed by atoms with E-state index in [1.165, 1.54) is 4.31 Å². The van der Waals surface area contributed by atoms with E-state index in [2.05, 4.69) is 10.3 Å². The SMILES string of the molecule is Cl.O=C(CN1CCCS1(=O)=O)N1CCNCC1c1cccnc1. The molecule has 1 aromatic heterocycles. The Balaban J connectivity index is 0.00000192. The van der Waals surface area contributed by atoms with E-state index in [1.807, 2.05) is 12.1 Å². The van der Waals surface area contributed by atoms with Crippen molar-refractivity contribution in [2.75, 3.05) is 38.5 Å². The van der Waals surface area contributed by atoms with Crippen LogP contribution in [-0.4, -0.2) is 67.0 Å². The van der Waals surface area contributed by atoms with Crippen molar-refractivity contribution < 1.29 is 13.2 Å². The van der Waals surface area contributed by atoms with Crippen LogP contribution < -0.4 is 5.32 Å². The Morgan fingerprint density at radius 1 is 1.39 bits per heavy atom. The molecule has 3 heterocycles. The van der Waals surface area contributed by atoms with Gasteiger partial charge in [0, 0.05) is 38.6 Å². The number of sulfonamides is 1. The highest BCUT2D eigenvalue weighted by molar-refractivity contribution is 7.89. The highest BCUT2D eigenvalue weighted by Gasteiger charge is 2.34. The van der Waals surface area contributed by atoms with Crippen molar-refractivity contribution in [1.29, 1.82) is 0 Å².